The molecule has 102 heavy (non-hydrogen) atoms. The summed E-state index contributed by atoms with van der Waals surface area (Å²) in [6, 6.07) is 26.1. The van der Waals surface area contributed by atoms with Crippen molar-refractivity contribution in [3.63, 3.8) is 0 Å². The number of aliphatic carboxylic acids is 1. The molecule has 2 aliphatic rings. The standard InChI is InChI=1S/C64H67N19O15S4/c1-33-24-35(3)56(77-63(86)73-39-14-9-8-10-15-39)37(5)54(33)75-45-29-48-43(27-47(45)83(32-99(88,89)67-7)62-71-31-70-58(65)81-62)53(42-18-11-12-19-50(42)102(95,96)97)44-28-51(100(90,91)72-23-22-69-61-80-59(66)79-60(82-61)68-21-20-52(84)85)46(30-49(44)98-48)76-55-34(2)25-36(4)57(38(55)6)78-64(87)74-40-16-13-17-41(26-40)101(92,93)94/h8-19,24-31,67,72,75H,20-23,32H2,1-7H3,(H,84,85)(H2,73,77,86)(H2,74,78,87)(H,92,93,94)(H,95,96,97)(H2,65,70,71,81)(H4,66,68,69,79,80,82). The maximum Gasteiger partial charge on any atom is 0.323 e. The molecule has 0 bridgehead atoms. The van der Waals surface area contributed by atoms with E-state index in [4.69, 9.17) is 26.0 Å². The third-order valence-corrected chi connectivity index (χ3v) is 20.1. The molecule has 4 amide bonds. The number of carbonyl (C=O) groups is 3. The highest BCUT2D eigenvalue weighted by atomic mass is 32.2. The van der Waals surface area contributed by atoms with Crippen LogP contribution in [0, 0.1) is 41.5 Å². The molecule has 0 atom stereocenters. The summed E-state index contributed by atoms with van der Waals surface area (Å²) in [5.41, 5.74) is 16.0. The molecular weight excluding hydrogens is 1400 g/mol. The van der Waals surface area contributed by atoms with Gasteiger partial charge in [0.1, 0.15) is 33.3 Å². The molecule has 0 radical (unpaired) electrons. The minimum Gasteiger partial charge on any atom is -0.481 e. The Morgan fingerprint density at radius 1 is 0.598 bits per heavy atom. The second-order valence-corrected chi connectivity index (χ2v) is 29.3. The van der Waals surface area contributed by atoms with Crippen LogP contribution in [0.4, 0.5) is 84.8 Å². The first-order valence-electron chi connectivity index (χ1n) is 30.5. The van der Waals surface area contributed by atoms with Crippen LogP contribution in [-0.2, 0) is 45.1 Å². The summed E-state index contributed by atoms with van der Waals surface area (Å²) in [5, 5.41) is 28.9. The second-order valence-electron chi connectivity index (χ2n) is 22.9. The predicted octanol–water partition coefficient (Wildman–Crippen LogP) is 8.27. The zero-order valence-electron chi connectivity index (χ0n) is 55.2. The first-order valence-corrected chi connectivity index (χ1v) is 36.5. The van der Waals surface area contributed by atoms with Gasteiger partial charge in [0.05, 0.1) is 45.1 Å². The molecule has 0 fully saturated rings. The molecule has 1 aliphatic carbocycles. The van der Waals surface area contributed by atoms with Crippen LogP contribution in [0.15, 0.2) is 146 Å². The van der Waals surface area contributed by atoms with Crippen molar-refractivity contribution < 1.29 is 66.7 Å². The Hall–Kier alpha value is -11.5. The number of benzene rings is 7. The Balaban J connectivity index is 1.23. The molecule has 0 saturated carbocycles. The molecule has 6 aromatic carbocycles. The SMILES string of the molecule is CNS(=O)(=O)CN(c1ncnc(N)n1)c1cc2c(-c3ccccc3S(=O)(=O)O)c3cc(S(=O)(=O)NCCNc4nc(N)nc(NCCC(=O)O)n4)c(=Nc4c(C)cc(C)c(NC(=O)Nc5cccc(S(=O)(=O)O)c5)c4C)cc-3oc2cc1Nc1c(C)cc(C)c(NC(=O)Nc2ccccc2)c1C. The van der Waals surface area contributed by atoms with Crippen LogP contribution >= 0.6 is 0 Å². The van der Waals surface area contributed by atoms with E-state index in [1.165, 1.54) is 55.6 Å². The first kappa shape index (κ1) is 73.2. The zero-order valence-corrected chi connectivity index (χ0v) is 58.5. The summed E-state index contributed by atoms with van der Waals surface area (Å²) in [6.07, 6.45) is 0.751. The average molecular weight is 1470 g/mol. The van der Waals surface area contributed by atoms with Crippen molar-refractivity contribution in [2.45, 2.75) is 62.6 Å². The number of para-hydroxylation sites is 1. The highest BCUT2D eigenvalue weighted by Gasteiger charge is 2.32. The molecule has 0 spiro atoms. The minimum atomic E-state index is -5.19. The number of carbonyl (C=O) groups excluding carboxylic acids is 2. The van der Waals surface area contributed by atoms with Crippen molar-refractivity contribution in [1.29, 1.82) is 0 Å². The van der Waals surface area contributed by atoms with Gasteiger partial charge in [0.2, 0.25) is 49.8 Å². The zero-order chi connectivity index (χ0) is 73.8. The van der Waals surface area contributed by atoms with Crippen molar-refractivity contribution in [2.75, 3.05) is 86.1 Å². The number of sulfonamides is 2. The normalized spacial score (nSPS) is 12.1. The fourth-order valence-corrected chi connectivity index (χ4v) is 14.2. The van der Waals surface area contributed by atoms with Gasteiger partial charge in [0.15, 0.2) is 0 Å². The van der Waals surface area contributed by atoms with Crippen LogP contribution in [0.1, 0.15) is 39.8 Å². The van der Waals surface area contributed by atoms with Gasteiger partial charge >= 0.3 is 18.0 Å². The van der Waals surface area contributed by atoms with Gasteiger partial charge < -0.3 is 58.2 Å². The van der Waals surface area contributed by atoms with E-state index in [-0.39, 0.29) is 122 Å². The lowest BCUT2D eigenvalue weighted by molar-refractivity contribution is -0.136. The summed E-state index contributed by atoms with van der Waals surface area (Å²) in [5.74, 6) is -3.33. The van der Waals surface area contributed by atoms with E-state index in [1.54, 1.807) is 84.0 Å². The van der Waals surface area contributed by atoms with Crippen LogP contribution < -0.4 is 68.4 Å². The summed E-state index contributed by atoms with van der Waals surface area (Å²) < 4.78 is 143. The third-order valence-electron chi connectivity index (χ3n) is 15.6. The Kier molecular flexibility index (Phi) is 21.3. The van der Waals surface area contributed by atoms with E-state index in [1.807, 2.05) is 0 Å². The van der Waals surface area contributed by atoms with Gasteiger partial charge in [-0.05, 0) is 131 Å². The largest absolute Gasteiger partial charge is 0.481 e. The number of hydrogen-bond donors (Lipinski definition) is 14. The number of urea groups is 2. The van der Waals surface area contributed by atoms with Gasteiger partial charge in [0, 0.05) is 70.9 Å². The van der Waals surface area contributed by atoms with Gasteiger partial charge in [0.25, 0.3) is 20.2 Å². The third kappa shape index (κ3) is 17.0. The maximum absolute atomic E-state index is 15.4. The van der Waals surface area contributed by atoms with Gasteiger partial charge in [-0.2, -0.15) is 36.8 Å². The van der Waals surface area contributed by atoms with Gasteiger partial charge in [-0.1, -0.05) is 54.6 Å². The topological polar surface area (TPSA) is 515 Å². The Morgan fingerprint density at radius 3 is 1.88 bits per heavy atom. The van der Waals surface area contributed by atoms with E-state index < -0.39 is 85.4 Å². The Labute approximate surface area is 583 Å². The van der Waals surface area contributed by atoms with Crippen molar-refractivity contribution in [3.05, 3.63) is 160 Å². The summed E-state index contributed by atoms with van der Waals surface area (Å²) >= 11 is 0. The van der Waals surface area contributed by atoms with Gasteiger partial charge in [-0.15, -0.1) is 0 Å². The predicted molar refractivity (Wildman–Crippen MR) is 384 cm³/mol. The average Bonchev–Trinajstić information content (AvgIpc) is 0.724. The van der Waals surface area contributed by atoms with Crippen molar-refractivity contribution >= 4 is 145 Å². The number of rotatable bonds is 25. The molecule has 8 aromatic rings. The first-order chi connectivity index (χ1) is 48.2. The number of nitrogens with one attached hydrogen (secondary N) is 9. The molecule has 10 rings (SSSR count). The summed E-state index contributed by atoms with van der Waals surface area (Å²) in [6.45, 7) is 9.52. The van der Waals surface area contributed by atoms with E-state index in [0.717, 1.165) is 35.5 Å². The van der Waals surface area contributed by atoms with E-state index in [0.29, 0.717) is 44.9 Å². The maximum atomic E-state index is 15.4. The number of carboxylic acids is 1. The van der Waals surface area contributed by atoms with E-state index in [9.17, 15) is 48.7 Å². The lowest BCUT2D eigenvalue weighted by atomic mass is 9.93. The number of anilines is 12. The number of carboxylic acid groups (broad SMARTS) is 1. The van der Waals surface area contributed by atoms with Crippen LogP contribution in [0.25, 0.3) is 33.4 Å². The Bertz CT molecular complexity index is 5520. The number of aryl methyl sites for hydroxylation is 4. The highest BCUT2D eigenvalue weighted by Crippen LogP contribution is 2.48. The molecular formula is C64H67N19O15S4. The van der Waals surface area contributed by atoms with E-state index in [2.05, 4.69) is 76.6 Å². The van der Waals surface area contributed by atoms with Crippen LogP contribution in [0.5, 0.6) is 0 Å². The van der Waals surface area contributed by atoms with Crippen LogP contribution in [-0.4, -0.2) is 128 Å². The second kappa shape index (κ2) is 29.7. The lowest BCUT2D eigenvalue weighted by Gasteiger charge is -2.28. The number of aromatic nitrogens is 6. The monoisotopic (exact) mass is 1470 g/mol. The fourth-order valence-electron chi connectivity index (χ4n) is 11.1. The number of hydrogen-bond acceptors (Lipinski definition) is 25. The molecule has 34 nitrogen and oxygen atoms in total. The molecule has 2 aromatic heterocycles. The summed E-state index contributed by atoms with van der Waals surface area (Å²) in [7, 11) is -17.9. The number of nitrogens with zero attached hydrogens (tertiary/aromatic N) is 8. The molecule has 532 valence electrons. The number of amides is 4. The molecule has 38 heteroatoms. The highest BCUT2D eigenvalue weighted by molar-refractivity contribution is 7.89. The van der Waals surface area contributed by atoms with Crippen molar-refractivity contribution in [2.24, 2.45) is 4.99 Å². The summed E-state index contributed by atoms with van der Waals surface area (Å²) in [4.78, 5) is 67.8. The van der Waals surface area contributed by atoms with Gasteiger partial charge in [-0.25, -0.2) is 50.8 Å². The lowest BCUT2D eigenvalue weighted by Crippen LogP contribution is -2.34. The van der Waals surface area contributed by atoms with E-state index >= 15 is 8.42 Å². The molecule has 3 heterocycles. The molecule has 0 saturated heterocycles. The van der Waals surface area contributed by atoms with Crippen LogP contribution in [0.2, 0.25) is 0 Å². The number of nitrogen functional groups attached to an aromatic ring is 2. The molecule has 1 aliphatic heterocycles. The smallest absolute Gasteiger partial charge is 0.323 e. The Morgan fingerprint density at radius 2 is 1.23 bits per heavy atom. The van der Waals surface area contributed by atoms with Crippen LogP contribution in [0.3, 0.4) is 0 Å². The number of fused-ring (bicyclic) bond motifs is 2. The van der Waals surface area contributed by atoms with Crippen molar-refractivity contribution in [3.8, 4) is 22.5 Å². The van der Waals surface area contributed by atoms with Crippen molar-refractivity contribution in [1.82, 2.24) is 39.3 Å². The minimum absolute atomic E-state index is 0.00994. The molecule has 0 unspecified atom stereocenters. The molecule has 16 N–H and O–H groups in total. The van der Waals surface area contributed by atoms with Gasteiger partial charge in [-0.3, -0.25) is 18.8 Å². The quantitative estimate of drug-likeness (QED) is 0.0145. The number of nitrogens with two attached hydrogens (primary N) is 2. The fraction of sp³-hybridized carbons (Fsp3) is 0.188.